The second-order valence-corrected chi connectivity index (χ2v) is 1.28. The molecule has 0 saturated heterocycles. The van der Waals surface area contributed by atoms with Crippen molar-refractivity contribution in [3.8, 4) is 0 Å². The highest BCUT2D eigenvalue weighted by Gasteiger charge is 1.79. The van der Waals surface area contributed by atoms with E-state index >= 15 is 0 Å². The van der Waals surface area contributed by atoms with Gasteiger partial charge in [-0.15, -0.1) is 6.58 Å². The molecule has 0 saturated carbocycles. The lowest BCUT2D eigenvalue weighted by atomic mass is 10.6. The quantitative estimate of drug-likeness (QED) is 0.293. The fourth-order valence-electron chi connectivity index (χ4n) is 0.256. The molecule has 0 fully saturated rings. The van der Waals surface area contributed by atoms with Gasteiger partial charge in [0, 0.05) is 13.6 Å². The third-order valence-corrected chi connectivity index (χ3v) is 0.668. The molecule has 0 aliphatic carbocycles. The summed E-state index contributed by atoms with van der Waals surface area (Å²) in [6.45, 7) is 4.16. The minimum atomic E-state index is 0.449. The molecular weight excluding hydrogens is 102 g/mol. The average Bonchev–Trinajstić information content (AvgIpc) is 1.83. The molecule has 0 amide bonds. The number of aliphatic imine (C=N–C) groups is 1. The summed E-state index contributed by atoms with van der Waals surface area (Å²) in [5.74, 6) is 0.449. The highest BCUT2D eigenvalue weighted by Crippen LogP contribution is 1.59. The van der Waals surface area contributed by atoms with Crippen molar-refractivity contribution in [3.05, 3.63) is 12.7 Å². The lowest BCUT2D eigenvalue weighted by Crippen LogP contribution is -2.31. The summed E-state index contributed by atoms with van der Waals surface area (Å²) in [6, 6.07) is 0. The highest BCUT2D eigenvalue weighted by molar-refractivity contribution is 5.77. The van der Waals surface area contributed by atoms with Gasteiger partial charge in [-0.05, 0) is 0 Å². The number of hydrogen-bond acceptors (Lipinski definition) is 1. The lowest BCUT2D eigenvalue weighted by Gasteiger charge is -1.97. The Balaban J connectivity index is 3.24. The first-order chi connectivity index (χ1) is 3.81. The van der Waals surface area contributed by atoms with Crippen LogP contribution in [0.1, 0.15) is 0 Å². The van der Waals surface area contributed by atoms with Crippen LogP contribution in [0.4, 0.5) is 0 Å². The summed E-state index contributed by atoms with van der Waals surface area (Å²) >= 11 is 0. The molecule has 0 aliphatic rings. The van der Waals surface area contributed by atoms with Crippen LogP contribution in [0.2, 0.25) is 0 Å². The predicted molar refractivity (Wildman–Crippen MR) is 35.7 cm³/mol. The molecule has 3 nitrogen and oxygen atoms in total. The highest BCUT2D eigenvalue weighted by atomic mass is 15.1. The van der Waals surface area contributed by atoms with Gasteiger partial charge in [0.2, 0.25) is 0 Å². The SMILES string of the molecule is C=CCNC(N)=NC. The summed E-state index contributed by atoms with van der Waals surface area (Å²) < 4.78 is 0. The molecule has 0 radical (unpaired) electrons. The average molecular weight is 113 g/mol. The molecule has 3 heteroatoms. The standard InChI is InChI=1S/C5H11N3/c1-3-4-8-5(6)7-2/h3H,1,4H2,2H3,(H3,6,7,8). The second-order valence-electron chi connectivity index (χ2n) is 1.28. The first-order valence-corrected chi connectivity index (χ1v) is 2.38. The van der Waals surface area contributed by atoms with Crippen LogP contribution in [0.5, 0.6) is 0 Å². The molecule has 0 bridgehead atoms. The van der Waals surface area contributed by atoms with Crippen molar-refractivity contribution >= 4 is 5.96 Å². The van der Waals surface area contributed by atoms with Crippen molar-refractivity contribution in [1.29, 1.82) is 0 Å². The molecule has 0 spiro atoms. The van der Waals surface area contributed by atoms with Crippen molar-refractivity contribution in [3.63, 3.8) is 0 Å². The molecule has 0 aromatic carbocycles. The monoisotopic (exact) mass is 113 g/mol. The van der Waals surface area contributed by atoms with Crippen LogP contribution in [0, 0.1) is 0 Å². The fraction of sp³-hybridized carbons (Fsp3) is 0.400. The summed E-state index contributed by atoms with van der Waals surface area (Å²) in [5, 5.41) is 2.79. The third-order valence-electron chi connectivity index (χ3n) is 0.668. The van der Waals surface area contributed by atoms with Crippen LogP contribution in [0.3, 0.4) is 0 Å². The van der Waals surface area contributed by atoms with Gasteiger partial charge >= 0.3 is 0 Å². The van der Waals surface area contributed by atoms with Crippen LogP contribution < -0.4 is 11.1 Å². The molecule has 0 aromatic heterocycles. The molecule has 0 aliphatic heterocycles. The Morgan fingerprint density at radius 3 is 3.00 bits per heavy atom. The largest absolute Gasteiger partial charge is 0.370 e. The van der Waals surface area contributed by atoms with Crippen molar-refractivity contribution in [2.24, 2.45) is 10.7 Å². The third kappa shape index (κ3) is 3.21. The van der Waals surface area contributed by atoms with Crippen molar-refractivity contribution in [2.45, 2.75) is 0 Å². The van der Waals surface area contributed by atoms with E-state index in [0.29, 0.717) is 12.5 Å². The van der Waals surface area contributed by atoms with E-state index in [0.717, 1.165) is 0 Å². The van der Waals surface area contributed by atoms with E-state index in [4.69, 9.17) is 5.73 Å². The van der Waals surface area contributed by atoms with E-state index in [1.54, 1.807) is 13.1 Å². The molecule has 0 rings (SSSR count). The molecule has 0 unspecified atom stereocenters. The Hall–Kier alpha value is -0.990. The van der Waals surface area contributed by atoms with Gasteiger partial charge in [0.1, 0.15) is 0 Å². The normalized spacial score (nSPS) is 10.9. The minimum absolute atomic E-state index is 0.449. The second kappa shape index (κ2) is 4.18. The Morgan fingerprint density at radius 2 is 2.62 bits per heavy atom. The smallest absolute Gasteiger partial charge is 0.188 e. The molecule has 3 N–H and O–H groups in total. The molecule has 46 valence electrons. The van der Waals surface area contributed by atoms with Gasteiger partial charge in [-0.25, -0.2) is 0 Å². The zero-order chi connectivity index (χ0) is 6.41. The molecule has 8 heavy (non-hydrogen) atoms. The zero-order valence-electron chi connectivity index (χ0n) is 5.02. The van der Waals surface area contributed by atoms with E-state index in [1.165, 1.54) is 0 Å². The summed E-state index contributed by atoms with van der Waals surface area (Å²) in [4.78, 5) is 3.66. The molecule has 0 atom stereocenters. The van der Waals surface area contributed by atoms with Gasteiger partial charge in [0.05, 0.1) is 0 Å². The Labute approximate surface area is 49.3 Å². The molecular formula is C5H11N3. The van der Waals surface area contributed by atoms with Crippen molar-refractivity contribution < 1.29 is 0 Å². The van der Waals surface area contributed by atoms with E-state index < -0.39 is 0 Å². The van der Waals surface area contributed by atoms with Gasteiger partial charge in [-0.3, -0.25) is 4.99 Å². The first-order valence-electron chi connectivity index (χ1n) is 2.38. The number of guanidine groups is 1. The first kappa shape index (κ1) is 7.01. The fourth-order valence-corrected chi connectivity index (χ4v) is 0.256. The Morgan fingerprint density at radius 1 is 2.00 bits per heavy atom. The van der Waals surface area contributed by atoms with Crippen LogP contribution in [0.15, 0.2) is 17.6 Å². The number of nitrogens with two attached hydrogens (primary N) is 1. The number of hydrogen-bond donors (Lipinski definition) is 2. The van der Waals surface area contributed by atoms with Crippen LogP contribution in [-0.2, 0) is 0 Å². The van der Waals surface area contributed by atoms with Gasteiger partial charge in [-0.2, -0.15) is 0 Å². The topological polar surface area (TPSA) is 50.4 Å². The number of rotatable bonds is 2. The van der Waals surface area contributed by atoms with Crippen molar-refractivity contribution in [1.82, 2.24) is 5.32 Å². The number of nitrogens with zero attached hydrogens (tertiary/aromatic N) is 1. The molecule has 0 heterocycles. The molecule has 0 aromatic rings. The van der Waals surface area contributed by atoms with E-state index in [9.17, 15) is 0 Å². The van der Waals surface area contributed by atoms with E-state index in [1.807, 2.05) is 0 Å². The van der Waals surface area contributed by atoms with Gasteiger partial charge in [0.15, 0.2) is 5.96 Å². The summed E-state index contributed by atoms with van der Waals surface area (Å²) in [7, 11) is 1.63. The summed E-state index contributed by atoms with van der Waals surface area (Å²) in [6.07, 6.45) is 1.72. The van der Waals surface area contributed by atoms with Gasteiger partial charge < -0.3 is 11.1 Å². The Bertz CT molecular complexity index is 95.8. The van der Waals surface area contributed by atoms with E-state index in [2.05, 4.69) is 16.9 Å². The zero-order valence-corrected chi connectivity index (χ0v) is 5.02. The minimum Gasteiger partial charge on any atom is -0.370 e. The van der Waals surface area contributed by atoms with Crippen LogP contribution in [-0.4, -0.2) is 19.6 Å². The van der Waals surface area contributed by atoms with Crippen LogP contribution >= 0.6 is 0 Å². The van der Waals surface area contributed by atoms with Gasteiger partial charge in [0.25, 0.3) is 0 Å². The summed E-state index contributed by atoms with van der Waals surface area (Å²) in [5.41, 5.74) is 5.25. The predicted octanol–water partition coefficient (Wildman–Crippen LogP) is -0.294. The van der Waals surface area contributed by atoms with Crippen LogP contribution in [0.25, 0.3) is 0 Å². The van der Waals surface area contributed by atoms with Gasteiger partial charge in [-0.1, -0.05) is 6.08 Å². The maximum Gasteiger partial charge on any atom is 0.188 e. The number of nitrogens with one attached hydrogen (secondary N) is 1. The maximum absolute atomic E-state index is 5.25. The van der Waals surface area contributed by atoms with Crippen molar-refractivity contribution in [2.75, 3.05) is 13.6 Å². The van der Waals surface area contributed by atoms with E-state index in [-0.39, 0.29) is 0 Å². The Kier molecular flexibility index (Phi) is 3.66. The lowest BCUT2D eigenvalue weighted by molar-refractivity contribution is 1.02. The maximum atomic E-state index is 5.25.